The van der Waals surface area contributed by atoms with Crippen LogP contribution in [0.4, 0.5) is 5.69 Å². The second-order valence-corrected chi connectivity index (χ2v) is 8.38. The van der Waals surface area contributed by atoms with Crippen molar-refractivity contribution < 1.29 is 27.6 Å². The van der Waals surface area contributed by atoms with Crippen molar-refractivity contribution in [2.75, 3.05) is 39.5 Å². The maximum absolute atomic E-state index is 12.7. The number of benzene rings is 2. The summed E-state index contributed by atoms with van der Waals surface area (Å²) in [5, 5.41) is 11.9. The second kappa shape index (κ2) is 9.40. The average molecular weight is 443 g/mol. The Morgan fingerprint density at radius 2 is 1.72 bits per heavy atom. The third-order valence-corrected chi connectivity index (χ3v) is 6.38. The van der Waals surface area contributed by atoms with Gasteiger partial charge in [-0.15, -0.1) is 0 Å². The van der Waals surface area contributed by atoms with Crippen LogP contribution >= 0.6 is 11.6 Å². The zero-order valence-corrected chi connectivity index (χ0v) is 16.9. The molecule has 1 aliphatic heterocycles. The third-order valence-electron chi connectivity index (χ3n) is 4.17. The van der Waals surface area contributed by atoms with Crippen LogP contribution in [0.15, 0.2) is 47.4 Å². The van der Waals surface area contributed by atoms with E-state index in [0.29, 0.717) is 10.8 Å². The van der Waals surface area contributed by atoms with E-state index in [9.17, 15) is 18.5 Å². The van der Waals surface area contributed by atoms with Gasteiger partial charge in [0.2, 0.25) is 10.0 Å². The molecule has 156 valence electrons. The molecule has 11 heteroatoms. The molecule has 29 heavy (non-hydrogen) atoms. The summed E-state index contributed by atoms with van der Waals surface area (Å²) in [6.07, 6.45) is 0. The minimum Gasteiger partial charge on any atom is -0.488 e. The minimum absolute atomic E-state index is 0.0155. The van der Waals surface area contributed by atoms with Crippen molar-refractivity contribution in [1.29, 1.82) is 0 Å². The molecule has 0 saturated carbocycles. The van der Waals surface area contributed by atoms with Gasteiger partial charge in [-0.3, -0.25) is 10.1 Å². The highest BCUT2D eigenvalue weighted by Gasteiger charge is 2.29. The lowest BCUT2D eigenvalue weighted by Gasteiger charge is -2.26. The van der Waals surface area contributed by atoms with Gasteiger partial charge in [-0.2, -0.15) is 4.31 Å². The first-order valence-electron chi connectivity index (χ1n) is 8.76. The minimum atomic E-state index is -3.85. The predicted octanol–water partition coefficient (Wildman–Crippen LogP) is 2.73. The van der Waals surface area contributed by atoms with Gasteiger partial charge in [0.25, 0.3) is 0 Å². The van der Waals surface area contributed by atoms with Crippen LogP contribution in [0.5, 0.6) is 11.5 Å². The van der Waals surface area contributed by atoms with Crippen LogP contribution in [0.25, 0.3) is 0 Å². The monoisotopic (exact) mass is 442 g/mol. The molecule has 0 atom stereocenters. The zero-order valence-electron chi connectivity index (χ0n) is 15.3. The SMILES string of the molecule is O=[N+]([O-])c1cc(S(=O)(=O)N2CCOCC2)ccc1OCCOc1ccccc1Cl. The largest absolute Gasteiger partial charge is 0.488 e. The number of hydrogen-bond donors (Lipinski definition) is 0. The lowest BCUT2D eigenvalue weighted by atomic mass is 10.3. The van der Waals surface area contributed by atoms with E-state index >= 15 is 0 Å². The van der Waals surface area contributed by atoms with Crippen LogP contribution < -0.4 is 9.47 Å². The van der Waals surface area contributed by atoms with Crippen LogP contribution in [0.2, 0.25) is 5.02 Å². The van der Waals surface area contributed by atoms with E-state index in [4.69, 9.17) is 25.8 Å². The molecular weight excluding hydrogens is 424 g/mol. The molecular formula is C18H19ClN2O7S. The Balaban J connectivity index is 1.69. The van der Waals surface area contributed by atoms with Crippen LogP contribution in [-0.4, -0.2) is 57.2 Å². The molecule has 1 heterocycles. The Kier molecular flexibility index (Phi) is 6.91. The summed E-state index contributed by atoms with van der Waals surface area (Å²) >= 11 is 5.99. The van der Waals surface area contributed by atoms with E-state index in [0.717, 1.165) is 6.07 Å². The van der Waals surface area contributed by atoms with Crippen molar-refractivity contribution in [1.82, 2.24) is 4.31 Å². The number of nitro groups is 1. The van der Waals surface area contributed by atoms with Crippen molar-refractivity contribution in [3.8, 4) is 11.5 Å². The van der Waals surface area contributed by atoms with Gasteiger partial charge in [-0.25, -0.2) is 8.42 Å². The fourth-order valence-electron chi connectivity index (χ4n) is 2.72. The zero-order chi connectivity index (χ0) is 20.9. The molecule has 9 nitrogen and oxygen atoms in total. The first kappa shape index (κ1) is 21.3. The Hall–Kier alpha value is -2.40. The summed E-state index contributed by atoms with van der Waals surface area (Å²) in [7, 11) is -3.85. The summed E-state index contributed by atoms with van der Waals surface area (Å²) in [5.41, 5.74) is -0.433. The number of nitrogens with zero attached hydrogens (tertiary/aromatic N) is 2. The molecule has 0 aliphatic carbocycles. The van der Waals surface area contributed by atoms with Crippen LogP contribution in [0.3, 0.4) is 0 Å². The molecule has 2 aromatic rings. The Bertz CT molecular complexity index is 978. The molecule has 3 rings (SSSR count). The van der Waals surface area contributed by atoms with Gasteiger partial charge in [-0.1, -0.05) is 23.7 Å². The molecule has 0 aromatic heterocycles. The standard InChI is InChI=1S/C18H19ClN2O7S/c19-15-3-1-2-4-17(15)27-11-12-28-18-6-5-14(13-16(18)21(22)23)29(24,25)20-7-9-26-10-8-20/h1-6,13H,7-12H2. The summed E-state index contributed by atoms with van der Waals surface area (Å²) < 4.78 is 42.7. The van der Waals surface area contributed by atoms with E-state index in [1.807, 2.05) is 0 Å². The molecule has 0 radical (unpaired) electrons. The number of rotatable bonds is 8. The van der Waals surface area contributed by atoms with Gasteiger partial charge in [0.1, 0.15) is 19.0 Å². The lowest BCUT2D eigenvalue weighted by Crippen LogP contribution is -2.40. The predicted molar refractivity (Wildman–Crippen MR) is 105 cm³/mol. The molecule has 0 spiro atoms. The average Bonchev–Trinajstić information content (AvgIpc) is 2.73. The maximum Gasteiger partial charge on any atom is 0.312 e. The first-order valence-corrected chi connectivity index (χ1v) is 10.6. The third kappa shape index (κ3) is 5.15. The Labute approximate surface area is 172 Å². The highest BCUT2D eigenvalue weighted by Crippen LogP contribution is 2.31. The molecule has 0 unspecified atom stereocenters. The van der Waals surface area contributed by atoms with Gasteiger partial charge in [0.15, 0.2) is 5.75 Å². The lowest BCUT2D eigenvalue weighted by molar-refractivity contribution is -0.386. The van der Waals surface area contributed by atoms with Gasteiger partial charge in [0.05, 0.1) is 28.1 Å². The summed E-state index contributed by atoms with van der Waals surface area (Å²) in [6.45, 7) is 1.10. The molecule has 1 saturated heterocycles. The summed E-state index contributed by atoms with van der Waals surface area (Å²) in [5.74, 6) is 0.429. The number of para-hydroxylation sites is 1. The quantitative estimate of drug-likeness (QED) is 0.351. The van der Waals surface area contributed by atoms with Gasteiger partial charge < -0.3 is 14.2 Å². The van der Waals surface area contributed by atoms with Crippen LogP contribution in [-0.2, 0) is 14.8 Å². The first-order chi connectivity index (χ1) is 13.9. The molecule has 0 N–H and O–H groups in total. The number of halogens is 1. The van der Waals surface area contributed by atoms with Crippen molar-refractivity contribution in [3.63, 3.8) is 0 Å². The number of hydrogen-bond acceptors (Lipinski definition) is 7. The topological polar surface area (TPSA) is 108 Å². The maximum atomic E-state index is 12.7. The normalized spacial score (nSPS) is 15.1. The summed E-state index contributed by atoms with van der Waals surface area (Å²) in [6, 6.07) is 10.5. The number of nitro benzene ring substituents is 1. The molecule has 1 fully saturated rings. The van der Waals surface area contributed by atoms with E-state index in [-0.39, 0.29) is 50.2 Å². The highest BCUT2D eigenvalue weighted by atomic mass is 35.5. The van der Waals surface area contributed by atoms with Gasteiger partial charge >= 0.3 is 5.69 Å². The van der Waals surface area contributed by atoms with E-state index in [1.165, 1.54) is 16.4 Å². The van der Waals surface area contributed by atoms with Gasteiger partial charge in [-0.05, 0) is 24.3 Å². The Morgan fingerprint density at radius 1 is 1.07 bits per heavy atom. The highest BCUT2D eigenvalue weighted by molar-refractivity contribution is 7.89. The van der Waals surface area contributed by atoms with Crippen molar-refractivity contribution >= 4 is 27.3 Å². The Morgan fingerprint density at radius 3 is 2.38 bits per heavy atom. The van der Waals surface area contributed by atoms with Gasteiger partial charge in [0, 0.05) is 19.2 Å². The van der Waals surface area contributed by atoms with Crippen molar-refractivity contribution in [2.45, 2.75) is 4.90 Å². The molecule has 0 amide bonds. The number of ether oxygens (including phenoxy) is 3. The fourth-order valence-corrected chi connectivity index (χ4v) is 4.34. The molecule has 2 aromatic carbocycles. The van der Waals surface area contributed by atoms with Crippen LogP contribution in [0, 0.1) is 10.1 Å². The van der Waals surface area contributed by atoms with Crippen molar-refractivity contribution in [3.05, 3.63) is 57.6 Å². The smallest absolute Gasteiger partial charge is 0.312 e. The summed E-state index contributed by atoms with van der Waals surface area (Å²) in [4.78, 5) is 10.6. The van der Waals surface area contributed by atoms with Crippen LogP contribution in [0.1, 0.15) is 0 Å². The molecule has 0 bridgehead atoms. The van der Waals surface area contributed by atoms with E-state index in [2.05, 4.69) is 0 Å². The number of morpholine rings is 1. The second-order valence-electron chi connectivity index (χ2n) is 6.03. The number of sulfonamides is 1. The van der Waals surface area contributed by atoms with E-state index in [1.54, 1.807) is 24.3 Å². The van der Waals surface area contributed by atoms with E-state index < -0.39 is 20.6 Å². The fraction of sp³-hybridized carbons (Fsp3) is 0.333. The van der Waals surface area contributed by atoms with Crippen molar-refractivity contribution in [2.24, 2.45) is 0 Å². The molecule has 1 aliphatic rings.